The average Bonchev–Trinajstić information content (AvgIpc) is 2.48. The molecule has 4 nitrogen and oxygen atoms in total. The van der Waals surface area contributed by atoms with Crippen molar-refractivity contribution in [2.45, 2.75) is 50.6 Å². The standard InChI is InChI=1S/C17H25NO3/c1-18(13-14-6-8-15(21-2)9-7-14)17(12-16(19)20)10-4-3-5-11-17/h6-9H,3-5,10-13H2,1-2H3,(H,19,20). The zero-order chi connectivity index (χ0) is 15.3. The molecule has 2 rings (SSSR count). The highest BCUT2D eigenvalue weighted by atomic mass is 16.5. The molecular weight excluding hydrogens is 266 g/mol. The van der Waals surface area contributed by atoms with E-state index in [1.165, 1.54) is 12.0 Å². The molecule has 1 aromatic carbocycles. The molecule has 1 aliphatic carbocycles. The van der Waals surface area contributed by atoms with Gasteiger partial charge in [0, 0.05) is 12.1 Å². The molecule has 1 N–H and O–H groups in total. The van der Waals surface area contributed by atoms with Crippen molar-refractivity contribution in [2.24, 2.45) is 0 Å². The van der Waals surface area contributed by atoms with Gasteiger partial charge < -0.3 is 9.84 Å². The highest BCUT2D eigenvalue weighted by molar-refractivity contribution is 5.68. The first kappa shape index (κ1) is 15.8. The van der Waals surface area contributed by atoms with Crippen molar-refractivity contribution < 1.29 is 14.6 Å². The highest BCUT2D eigenvalue weighted by Crippen LogP contribution is 2.36. The third-order valence-corrected chi connectivity index (χ3v) is 4.65. The van der Waals surface area contributed by atoms with Gasteiger partial charge in [0.2, 0.25) is 0 Å². The van der Waals surface area contributed by atoms with Gasteiger partial charge in [0.1, 0.15) is 5.75 Å². The molecule has 0 unspecified atom stereocenters. The number of hydrogen-bond acceptors (Lipinski definition) is 3. The van der Waals surface area contributed by atoms with Crippen LogP contribution in [0.5, 0.6) is 5.75 Å². The predicted octanol–water partition coefficient (Wildman–Crippen LogP) is 3.30. The molecule has 1 saturated carbocycles. The molecule has 0 atom stereocenters. The van der Waals surface area contributed by atoms with Crippen molar-refractivity contribution in [3.05, 3.63) is 29.8 Å². The second-order valence-electron chi connectivity index (χ2n) is 6.06. The van der Waals surface area contributed by atoms with E-state index < -0.39 is 5.97 Å². The number of hydrogen-bond donors (Lipinski definition) is 1. The summed E-state index contributed by atoms with van der Waals surface area (Å²) in [6.45, 7) is 0.775. The van der Waals surface area contributed by atoms with Gasteiger partial charge in [-0.3, -0.25) is 9.69 Å². The number of nitrogens with zero attached hydrogens (tertiary/aromatic N) is 1. The van der Waals surface area contributed by atoms with E-state index in [9.17, 15) is 9.90 Å². The van der Waals surface area contributed by atoms with Crippen molar-refractivity contribution in [1.82, 2.24) is 4.90 Å². The van der Waals surface area contributed by atoms with Crippen molar-refractivity contribution in [2.75, 3.05) is 14.2 Å². The summed E-state index contributed by atoms with van der Waals surface area (Å²) in [5.41, 5.74) is 0.998. The number of carboxylic acid groups (broad SMARTS) is 1. The maximum absolute atomic E-state index is 11.3. The summed E-state index contributed by atoms with van der Waals surface area (Å²) in [5, 5.41) is 9.27. The van der Waals surface area contributed by atoms with Crippen LogP contribution in [0.2, 0.25) is 0 Å². The molecule has 0 aliphatic heterocycles. The molecule has 1 aliphatic rings. The van der Waals surface area contributed by atoms with Crippen LogP contribution in [0, 0.1) is 0 Å². The maximum atomic E-state index is 11.3. The van der Waals surface area contributed by atoms with Gasteiger partial charge in [-0.1, -0.05) is 31.4 Å². The Balaban J connectivity index is 2.09. The Bertz CT molecular complexity index is 463. The molecule has 0 spiro atoms. The van der Waals surface area contributed by atoms with E-state index in [4.69, 9.17) is 4.74 Å². The van der Waals surface area contributed by atoms with Crippen LogP contribution in [-0.4, -0.2) is 35.7 Å². The topological polar surface area (TPSA) is 49.8 Å². The van der Waals surface area contributed by atoms with Crippen LogP contribution in [0.15, 0.2) is 24.3 Å². The second-order valence-corrected chi connectivity index (χ2v) is 6.06. The van der Waals surface area contributed by atoms with Crippen molar-refractivity contribution in [3.8, 4) is 5.75 Å². The van der Waals surface area contributed by atoms with Gasteiger partial charge >= 0.3 is 5.97 Å². The fourth-order valence-electron chi connectivity index (χ4n) is 3.36. The van der Waals surface area contributed by atoms with Crippen molar-refractivity contribution in [3.63, 3.8) is 0 Å². The van der Waals surface area contributed by atoms with Gasteiger partial charge in [-0.15, -0.1) is 0 Å². The number of aliphatic carboxylic acids is 1. The summed E-state index contributed by atoms with van der Waals surface area (Å²) in [6.07, 6.45) is 5.66. The predicted molar refractivity (Wildman–Crippen MR) is 82.5 cm³/mol. The van der Waals surface area contributed by atoms with Gasteiger partial charge in [-0.05, 0) is 37.6 Å². The van der Waals surface area contributed by atoms with Crippen LogP contribution in [0.4, 0.5) is 0 Å². The monoisotopic (exact) mass is 291 g/mol. The van der Waals surface area contributed by atoms with Crippen LogP contribution < -0.4 is 4.74 Å². The molecule has 21 heavy (non-hydrogen) atoms. The summed E-state index contributed by atoms with van der Waals surface area (Å²) in [5.74, 6) is 0.151. The van der Waals surface area contributed by atoms with Gasteiger partial charge in [-0.2, -0.15) is 0 Å². The largest absolute Gasteiger partial charge is 0.497 e. The molecule has 0 saturated heterocycles. The lowest BCUT2D eigenvalue weighted by molar-refractivity contribution is -0.141. The van der Waals surface area contributed by atoms with Gasteiger partial charge in [0.25, 0.3) is 0 Å². The first-order chi connectivity index (χ1) is 10.1. The summed E-state index contributed by atoms with van der Waals surface area (Å²) < 4.78 is 5.17. The Morgan fingerprint density at radius 2 is 1.86 bits per heavy atom. The number of ether oxygens (including phenoxy) is 1. The first-order valence-electron chi connectivity index (χ1n) is 7.62. The minimum absolute atomic E-state index is 0.190. The van der Waals surface area contributed by atoms with E-state index in [0.29, 0.717) is 0 Å². The Hall–Kier alpha value is -1.55. The molecule has 116 valence electrons. The first-order valence-corrected chi connectivity index (χ1v) is 7.62. The SMILES string of the molecule is COc1ccc(CN(C)C2(CC(=O)O)CCCCC2)cc1. The molecule has 1 aromatic rings. The lowest BCUT2D eigenvalue weighted by Gasteiger charge is -2.44. The molecule has 0 heterocycles. The fourth-order valence-corrected chi connectivity index (χ4v) is 3.36. The minimum atomic E-state index is -0.696. The van der Waals surface area contributed by atoms with Gasteiger partial charge in [0.05, 0.1) is 13.5 Å². The molecular formula is C17H25NO3. The average molecular weight is 291 g/mol. The normalized spacial score (nSPS) is 17.7. The molecule has 4 heteroatoms. The van der Waals surface area contributed by atoms with E-state index >= 15 is 0 Å². The fraction of sp³-hybridized carbons (Fsp3) is 0.588. The molecule has 0 amide bonds. The number of carbonyl (C=O) groups is 1. The summed E-state index contributed by atoms with van der Waals surface area (Å²) in [7, 11) is 3.71. The molecule has 1 fully saturated rings. The minimum Gasteiger partial charge on any atom is -0.497 e. The zero-order valence-corrected chi connectivity index (χ0v) is 13.0. The summed E-state index contributed by atoms with van der Waals surface area (Å²) in [4.78, 5) is 13.5. The third kappa shape index (κ3) is 3.97. The van der Waals surface area contributed by atoms with E-state index in [2.05, 4.69) is 11.9 Å². The smallest absolute Gasteiger partial charge is 0.305 e. The zero-order valence-electron chi connectivity index (χ0n) is 13.0. The van der Waals surface area contributed by atoms with Crippen LogP contribution in [-0.2, 0) is 11.3 Å². The molecule has 0 aromatic heterocycles. The van der Waals surface area contributed by atoms with Crippen LogP contribution >= 0.6 is 0 Å². The lowest BCUT2D eigenvalue weighted by atomic mass is 9.78. The lowest BCUT2D eigenvalue weighted by Crippen LogP contribution is -2.49. The van der Waals surface area contributed by atoms with Crippen LogP contribution in [0.1, 0.15) is 44.1 Å². The van der Waals surface area contributed by atoms with Crippen molar-refractivity contribution in [1.29, 1.82) is 0 Å². The quantitative estimate of drug-likeness (QED) is 0.873. The Morgan fingerprint density at radius 3 is 2.38 bits per heavy atom. The van der Waals surface area contributed by atoms with E-state index in [1.54, 1.807) is 7.11 Å². The second kappa shape index (κ2) is 6.94. The molecule has 0 bridgehead atoms. The Kier molecular flexibility index (Phi) is 5.23. The summed E-state index contributed by atoms with van der Waals surface area (Å²) in [6, 6.07) is 8.00. The molecule has 0 radical (unpaired) electrons. The maximum Gasteiger partial charge on any atom is 0.305 e. The van der Waals surface area contributed by atoms with Crippen molar-refractivity contribution >= 4 is 5.97 Å². The number of rotatable bonds is 6. The van der Waals surface area contributed by atoms with Gasteiger partial charge in [0.15, 0.2) is 0 Å². The van der Waals surface area contributed by atoms with E-state index in [0.717, 1.165) is 38.0 Å². The number of carboxylic acids is 1. The van der Waals surface area contributed by atoms with Crippen LogP contribution in [0.25, 0.3) is 0 Å². The van der Waals surface area contributed by atoms with Gasteiger partial charge in [-0.25, -0.2) is 0 Å². The summed E-state index contributed by atoms with van der Waals surface area (Å²) >= 11 is 0. The van der Waals surface area contributed by atoms with E-state index in [1.807, 2.05) is 24.3 Å². The highest BCUT2D eigenvalue weighted by Gasteiger charge is 2.37. The van der Waals surface area contributed by atoms with E-state index in [-0.39, 0.29) is 12.0 Å². The van der Waals surface area contributed by atoms with Crippen LogP contribution in [0.3, 0.4) is 0 Å². The number of benzene rings is 1. The Morgan fingerprint density at radius 1 is 1.24 bits per heavy atom. The third-order valence-electron chi connectivity index (χ3n) is 4.65. The number of methoxy groups -OCH3 is 1. The Labute approximate surface area is 126 Å².